The fourth-order valence-corrected chi connectivity index (χ4v) is 3.10. The van der Waals surface area contributed by atoms with Gasteiger partial charge in [0.2, 0.25) is 0 Å². The molecule has 3 heterocycles. The van der Waals surface area contributed by atoms with Gasteiger partial charge in [-0.25, -0.2) is 9.18 Å². The van der Waals surface area contributed by atoms with Crippen molar-refractivity contribution in [3.05, 3.63) is 29.6 Å². The molecule has 1 aromatic carbocycles. The van der Waals surface area contributed by atoms with E-state index < -0.39 is 5.97 Å². The molecule has 1 atom stereocenters. The van der Waals surface area contributed by atoms with Gasteiger partial charge in [-0.2, -0.15) is 0 Å². The number of carboxylic acids is 1. The minimum atomic E-state index is -1.03. The van der Waals surface area contributed by atoms with Crippen LogP contribution in [0, 0.1) is 11.7 Å². The molecular formula is C14H17FN2O2. The van der Waals surface area contributed by atoms with Gasteiger partial charge in [0, 0.05) is 12.6 Å². The van der Waals surface area contributed by atoms with Gasteiger partial charge in [0.05, 0.1) is 11.3 Å². The molecule has 3 aliphatic heterocycles. The second kappa shape index (κ2) is 4.81. The zero-order chi connectivity index (χ0) is 13.4. The van der Waals surface area contributed by atoms with Crippen LogP contribution in [0.5, 0.6) is 0 Å². The molecule has 3 fully saturated rings. The molecule has 0 saturated carbocycles. The zero-order valence-corrected chi connectivity index (χ0v) is 10.6. The monoisotopic (exact) mass is 264 g/mol. The van der Waals surface area contributed by atoms with Gasteiger partial charge in [-0.1, -0.05) is 0 Å². The maximum atomic E-state index is 13.8. The van der Waals surface area contributed by atoms with Gasteiger partial charge >= 0.3 is 5.97 Å². The van der Waals surface area contributed by atoms with Crippen molar-refractivity contribution in [3.63, 3.8) is 0 Å². The summed E-state index contributed by atoms with van der Waals surface area (Å²) in [6, 6.07) is 4.11. The Morgan fingerprint density at radius 3 is 2.68 bits per heavy atom. The lowest BCUT2D eigenvalue weighted by molar-refractivity contribution is 0.0697. The standard InChI is InChI=1S/C14H17FN2O2/c15-11-2-1-10(14(18)19)7-12(11)16-13-8-17-5-3-9(13)4-6-17/h1-2,7,9,13,16H,3-6,8H2,(H,18,19). The Bertz CT molecular complexity index is 498. The van der Waals surface area contributed by atoms with Gasteiger partial charge in [0.25, 0.3) is 0 Å². The smallest absolute Gasteiger partial charge is 0.335 e. The van der Waals surface area contributed by atoms with Crippen LogP contribution in [0.25, 0.3) is 0 Å². The minimum Gasteiger partial charge on any atom is -0.478 e. The highest BCUT2D eigenvalue weighted by Crippen LogP contribution is 2.30. The lowest BCUT2D eigenvalue weighted by Crippen LogP contribution is -2.53. The first-order valence-electron chi connectivity index (χ1n) is 6.65. The highest BCUT2D eigenvalue weighted by atomic mass is 19.1. The van der Waals surface area contributed by atoms with Crippen molar-refractivity contribution in [2.24, 2.45) is 5.92 Å². The van der Waals surface area contributed by atoms with Crippen LogP contribution < -0.4 is 5.32 Å². The minimum absolute atomic E-state index is 0.116. The maximum Gasteiger partial charge on any atom is 0.335 e. The number of fused-ring (bicyclic) bond motifs is 3. The number of aromatic carboxylic acids is 1. The van der Waals surface area contributed by atoms with Crippen LogP contribution in [0.3, 0.4) is 0 Å². The molecule has 102 valence electrons. The Balaban J connectivity index is 1.79. The van der Waals surface area contributed by atoms with E-state index in [1.54, 1.807) is 0 Å². The highest BCUT2D eigenvalue weighted by molar-refractivity contribution is 5.88. The predicted molar refractivity (Wildman–Crippen MR) is 69.9 cm³/mol. The summed E-state index contributed by atoms with van der Waals surface area (Å²) in [4.78, 5) is 13.3. The van der Waals surface area contributed by atoms with E-state index in [2.05, 4.69) is 10.2 Å². The van der Waals surface area contributed by atoms with Crippen LogP contribution in [0.4, 0.5) is 10.1 Å². The molecule has 0 aliphatic carbocycles. The fourth-order valence-electron chi connectivity index (χ4n) is 3.10. The number of anilines is 1. The normalized spacial score (nSPS) is 29.2. The molecule has 0 spiro atoms. The molecule has 19 heavy (non-hydrogen) atoms. The zero-order valence-electron chi connectivity index (χ0n) is 10.6. The maximum absolute atomic E-state index is 13.8. The summed E-state index contributed by atoms with van der Waals surface area (Å²) >= 11 is 0. The van der Waals surface area contributed by atoms with E-state index in [1.807, 2.05) is 0 Å². The van der Waals surface area contributed by atoms with Crippen molar-refractivity contribution in [2.45, 2.75) is 18.9 Å². The van der Waals surface area contributed by atoms with Gasteiger partial charge in [-0.05, 0) is 50.0 Å². The first-order valence-corrected chi connectivity index (χ1v) is 6.65. The summed E-state index contributed by atoms with van der Waals surface area (Å²) in [5.74, 6) is -0.851. The average molecular weight is 264 g/mol. The third-order valence-electron chi connectivity index (χ3n) is 4.21. The van der Waals surface area contributed by atoms with Crippen molar-refractivity contribution < 1.29 is 14.3 Å². The number of rotatable bonds is 3. The van der Waals surface area contributed by atoms with E-state index in [0.717, 1.165) is 32.5 Å². The van der Waals surface area contributed by atoms with Crippen LogP contribution >= 0.6 is 0 Å². The van der Waals surface area contributed by atoms with Crippen LogP contribution in [-0.4, -0.2) is 41.7 Å². The first kappa shape index (κ1) is 12.4. The van der Waals surface area contributed by atoms with E-state index in [9.17, 15) is 9.18 Å². The number of carbonyl (C=O) groups is 1. The van der Waals surface area contributed by atoms with E-state index in [4.69, 9.17) is 5.11 Å². The number of piperidine rings is 3. The van der Waals surface area contributed by atoms with Gasteiger partial charge in [0.15, 0.2) is 0 Å². The third kappa shape index (κ3) is 2.42. The SMILES string of the molecule is O=C(O)c1ccc(F)c(NC2CN3CCC2CC3)c1. The number of benzene rings is 1. The number of halogens is 1. The molecule has 4 nitrogen and oxygen atoms in total. The van der Waals surface area contributed by atoms with Crippen LogP contribution in [0.2, 0.25) is 0 Å². The molecule has 0 aromatic heterocycles. The van der Waals surface area contributed by atoms with Gasteiger partial charge in [-0.3, -0.25) is 0 Å². The number of nitrogens with zero attached hydrogens (tertiary/aromatic N) is 1. The lowest BCUT2D eigenvalue weighted by Gasteiger charge is -2.45. The second-order valence-electron chi connectivity index (χ2n) is 5.39. The Morgan fingerprint density at radius 1 is 1.37 bits per heavy atom. The third-order valence-corrected chi connectivity index (χ3v) is 4.21. The van der Waals surface area contributed by atoms with Crippen molar-refractivity contribution in [2.75, 3.05) is 25.0 Å². The highest BCUT2D eigenvalue weighted by Gasteiger charge is 2.34. The van der Waals surface area contributed by atoms with Crippen LogP contribution in [-0.2, 0) is 0 Å². The largest absolute Gasteiger partial charge is 0.478 e. The molecule has 4 rings (SSSR count). The first-order chi connectivity index (χ1) is 9.13. The van der Waals surface area contributed by atoms with Gasteiger partial charge in [-0.15, -0.1) is 0 Å². The van der Waals surface area contributed by atoms with E-state index in [-0.39, 0.29) is 17.4 Å². The summed E-state index contributed by atoms with van der Waals surface area (Å²) in [5.41, 5.74) is 0.420. The summed E-state index contributed by atoms with van der Waals surface area (Å²) in [6.45, 7) is 3.17. The molecule has 3 saturated heterocycles. The molecular weight excluding hydrogens is 247 g/mol. The summed E-state index contributed by atoms with van der Waals surface area (Å²) in [5, 5.41) is 12.1. The molecule has 0 amide bonds. The summed E-state index contributed by atoms with van der Waals surface area (Å²) in [6.07, 6.45) is 2.27. The Hall–Kier alpha value is -1.62. The molecule has 0 radical (unpaired) electrons. The number of nitrogens with one attached hydrogen (secondary N) is 1. The Labute approximate surface area is 111 Å². The molecule has 1 aromatic rings. The molecule has 3 aliphatic rings. The van der Waals surface area contributed by atoms with Crippen molar-refractivity contribution in [1.82, 2.24) is 4.90 Å². The van der Waals surface area contributed by atoms with Gasteiger partial charge in [0.1, 0.15) is 5.82 Å². The van der Waals surface area contributed by atoms with Crippen molar-refractivity contribution >= 4 is 11.7 Å². The topological polar surface area (TPSA) is 52.6 Å². The Kier molecular flexibility index (Phi) is 3.14. The average Bonchev–Trinajstić information content (AvgIpc) is 2.42. The number of hydrogen-bond acceptors (Lipinski definition) is 3. The Morgan fingerprint density at radius 2 is 2.11 bits per heavy atom. The number of hydrogen-bond donors (Lipinski definition) is 2. The van der Waals surface area contributed by atoms with E-state index in [0.29, 0.717) is 11.6 Å². The molecule has 5 heteroatoms. The summed E-state index contributed by atoms with van der Waals surface area (Å²) in [7, 11) is 0. The quantitative estimate of drug-likeness (QED) is 0.877. The second-order valence-corrected chi connectivity index (χ2v) is 5.39. The molecule has 1 unspecified atom stereocenters. The lowest BCUT2D eigenvalue weighted by atomic mass is 9.84. The molecule has 2 N–H and O–H groups in total. The van der Waals surface area contributed by atoms with Crippen molar-refractivity contribution in [1.29, 1.82) is 0 Å². The van der Waals surface area contributed by atoms with Gasteiger partial charge < -0.3 is 15.3 Å². The number of carboxylic acid groups (broad SMARTS) is 1. The molecule has 2 bridgehead atoms. The van der Waals surface area contributed by atoms with Crippen LogP contribution in [0.1, 0.15) is 23.2 Å². The van der Waals surface area contributed by atoms with E-state index in [1.165, 1.54) is 18.2 Å². The van der Waals surface area contributed by atoms with Crippen LogP contribution in [0.15, 0.2) is 18.2 Å². The predicted octanol–water partition coefficient (Wildman–Crippen LogP) is 2.03. The van der Waals surface area contributed by atoms with Crippen molar-refractivity contribution in [3.8, 4) is 0 Å². The summed E-state index contributed by atoms with van der Waals surface area (Å²) < 4.78 is 13.8. The fraction of sp³-hybridized carbons (Fsp3) is 0.500. The van der Waals surface area contributed by atoms with E-state index >= 15 is 0 Å².